The van der Waals surface area contributed by atoms with Gasteiger partial charge >= 0.3 is 5.97 Å². The van der Waals surface area contributed by atoms with Gasteiger partial charge < -0.3 is 15.3 Å². The molecule has 0 spiro atoms. The van der Waals surface area contributed by atoms with Gasteiger partial charge in [0.05, 0.1) is 17.8 Å². The van der Waals surface area contributed by atoms with Crippen molar-refractivity contribution in [3.8, 4) is 0 Å². The summed E-state index contributed by atoms with van der Waals surface area (Å²) in [4.78, 5) is 11.4. The van der Waals surface area contributed by atoms with Gasteiger partial charge in [0, 0.05) is 11.9 Å². The lowest BCUT2D eigenvalue weighted by Gasteiger charge is -2.01. The Kier molecular flexibility index (Phi) is 6.29. The van der Waals surface area contributed by atoms with E-state index in [1.165, 1.54) is 24.4 Å². The first kappa shape index (κ1) is 15.8. The SMILES string of the molecule is CCOC(=O)C(=C=CNc1ccc(F)c(Cl)c1)/C=N/O. The van der Waals surface area contributed by atoms with Crippen LogP contribution in [0.2, 0.25) is 5.02 Å². The average molecular weight is 299 g/mol. The van der Waals surface area contributed by atoms with Crippen LogP contribution in [0.5, 0.6) is 0 Å². The van der Waals surface area contributed by atoms with Gasteiger partial charge in [-0.1, -0.05) is 22.5 Å². The molecule has 5 nitrogen and oxygen atoms in total. The van der Waals surface area contributed by atoms with E-state index < -0.39 is 11.8 Å². The maximum atomic E-state index is 12.9. The molecule has 20 heavy (non-hydrogen) atoms. The highest BCUT2D eigenvalue weighted by atomic mass is 35.5. The maximum Gasteiger partial charge on any atom is 0.347 e. The molecule has 7 heteroatoms. The summed E-state index contributed by atoms with van der Waals surface area (Å²) in [7, 11) is 0. The van der Waals surface area contributed by atoms with Gasteiger partial charge in [0.1, 0.15) is 11.4 Å². The lowest BCUT2D eigenvalue weighted by Crippen LogP contribution is -2.08. The Morgan fingerprint density at radius 2 is 2.40 bits per heavy atom. The van der Waals surface area contributed by atoms with Crippen LogP contribution in [0.3, 0.4) is 0 Å². The Bertz CT molecular complexity index is 581. The summed E-state index contributed by atoms with van der Waals surface area (Å²) < 4.78 is 17.7. The lowest BCUT2D eigenvalue weighted by atomic mass is 10.3. The number of nitrogens with one attached hydrogen (secondary N) is 1. The molecule has 1 aromatic rings. The number of oxime groups is 1. The third-order valence-corrected chi connectivity index (χ3v) is 2.36. The smallest absolute Gasteiger partial charge is 0.347 e. The van der Waals surface area contributed by atoms with Crippen LogP contribution >= 0.6 is 11.6 Å². The van der Waals surface area contributed by atoms with Crippen LogP contribution in [0, 0.1) is 5.82 Å². The standard InChI is InChI=1S/C13H12ClFN2O3/c1-2-20-13(18)9(8-17-19)5-6-16-10-3-4-12(15)11(14)7-10/h3-4,6-8,16,19H,2H2,1H3/b17-8+. The van der Waals surface area contributed by atoms with E-state index in [1.54, 1.807) is 6.92 Å². The number of esters is 1. The third kappa shape index (κ3) is 4.76. The number of hydrogen-bond donors (Lipinski definition) is 2. The average Bonchev–Trinajstić information content (AvgIpc) is 2.42. The molecule has 0 aliphatic rings. The Balaban J connectivity index is 2.88. The zero-order valence-corrected chi connectivity index (χ0v) is 11.3. The molecular formula is C13H12ClFN2O3. The number of ether oxygens (including phenoxy) is 1. The summed E-state index contributed by atoms with van der Waals surface area (Å²) >= 11 is 5.61. The van der Waals surface area contributed by atoms with E-state index in [-0.39, 0.29) is 17.2 Å². The number of carbonyl (C=O) groups excluding carboxylic acids is 1. The zero-order valence-electron chi connectivity index (χ0n) is 10.6. The van der Waals surface area contributed by atoms with Crippen LogP contribution < -0.4 is 5.32 Å². The minimum absolute atomic E-state index is 0.0325. The number of halogens is 2. The van der Waals surface area contributed by atoms with Crippen molar-refractivity contribution in [2.24, 2.45) is 5.16 Å². The van der Waals surface area contributed by atoms with E-state index >= 15 is 0 Å². The molecule has 0 heterocycles. The molecule has 0 saturated carbocycles. The van der Waals surface area contributed by atoms with Crippen molar-refractivity contribution in [3.63, 3.8) is 0 Å². The minimum atomic E-state index is -0.680. The molecule has 106 valence electrons. The summed E-state index contributed by atoms with van der Waals surface area (Å²) in [6, 6.07) is 4.03. The fourth-order valence-corrected chi connectivity index (χ4v) is 1.38. The predicted octanol–water partition coefficient (Wildman–Crippen LogP) is 2.95. The number of benzene rings is 1. The highest BCUT2D eigenvalue weighted by molar-refractivity contribution is 6.31. The number of carbonyl (C=O) groups is 1. The summed E-state index contributed by atoms with van der Waals surface area (Å²) in [5, 5.41) is 13.9. The van der Waals surface area contributed by atoms with Gasteiger partial charge in [-0.3, -0.25) is 0 Å². The first-order chi connectivity index (χ1) is 9.58. The Labute approximate surface area is 120 Å². The lowest BCUT2D eigenvalue weighted by molar-refractivity contribution is -0.137. The fraction of sp³-hybridized carbons (Fsp3) is 0.154. The second-order valence-corrected chi connectivity index (χ2v) is 3.85. The van der Waals surface area contributed by atoms with Crippen molar-refractivity contribution >= 4 is 29.5 Å². The third-order valence-electron chi connectivity index (χ3n) is 2.07. The molecule has 0 aromatic heterocycles. The quantitative estimate of drug-likeness (QED) is 0.219. The molecule has 0 atom stereocenters. The Morgan fingerprint density at radius 3 is 3.00 bits per heavy atom. The van der Waals surface area contributed by atoms with Crippen LogP contribution in [-0.2, 0) is 9.53 Å². The molecule has 0 unspecified atom stereocenters. The molecule has 0 saturated heterocycles. The summed E-state index contributed by atoms with van der Waals surface area (Å²) in [5.41, 5.74) is 2.98. The van der Waals surface area contributed by atoms with E-state index in [4.69, 9.17) is 21.5 Å². The zero-order chi connectivity index (χ0) is 15.0. The van der Waals surface area contributed by atoms with Crippen molar-refractivity contribution in [2.45, 2.75) is 6.92 Å². The number of nitrogens with zero attached hydrogens (tertiary/aromatic N) is 1. The predicted molar refractivity (Wildman–Crippen MR) is 73.5 cm³/mol. The van der Waals surface area contributed by atoms with E-state index in [0.717, 1.165) is 6.21 Å². The number of hydrogen-bond acceptors (Lipinski definition) is 5. The van der Waals surface area contributed by atoms with Crippen LogP contribution in [0.1, 0.15) is 6.92 Å². The molecule has 2 N–H and O–H groups in total. The van der Waals surface area contributed by atoms with Gasteiger partial charge in [0.2, 0.25) is 0 Å². The van der Waals surface area contributed by atoms with E-state index in [1.807, 2.05) is 0 Å². The second kappa shape index (κ2) is 7.99. The van der Waals surface area contributed by atoms with Crippen molar-refractivity contribution < 1.29 is 19.1 Å². The van der Waals surface area contributed by atoms with Crippen LogP contribution in [0.4, 0.5) is 10.1 Å². The van der Waals surface area contributed by atoms with Gasteiger partial charge in [-0.2, -0.15) is 0 Å². The van der Waals surface area contributed by atoms with Crippen molar-refractivity contribution in [1.29, 1.82) is 0 Å². The number of anilines is 1. The van der Waals surface area contributed by atoms with Gasteiger partial charge in [-0.15, -0.1) is 0 Å². The van der Waals surface area contributed by atoms with Gasteiger partial charge in [0.15, 0.2) is 0 Å². The molecule has 1 aromatic carbocycles. The van der Waals surface area contributed by atoms with E-state index in [2.05, 4.69) is 16.2 Å². The fourth-order valence-electron chi connectivity index (χ4n) is 1.20. The van der Waals surface area contributed by atoms with Gasteiger partial charge in [-0.25, -0.2) is 9.18 Å². The van der Waals surface area contributed by atoms with E-state index in [0.29, 0.717) is 5.69 Å². The summed E-state index contributed by atoms with van der Waals surface area (Å²) in [5.74, 6) is -1.21. The first-order valence-corrected chi connectivity index (χ1v) is 5.97. The highest BCUT2D eigenvalue weighted by Crippen LogP contribution is 2.19. The van der Waals surface area contributed by atoms with Crippen LogP contribution in [0.25, 0.3) is 0 Å². The summed E-state index contributed by atoms with van der Waals surface area (Å²) in [6.45, 7) is 1.83. The molecule has 0 amide bonds. The van der Waals surface area contributed by atoms with Gasteiger partial charge in [-0.05, 0) is 25.1 Å². The highest BCUT2D eigenvalue weighted by Gasteiger charge is 2.06. The molecule has 0 radical (unpaired) electrons. The normalized spacial score (nSPS) is 9.95. The first-order valence-electron chi connectivity index (χ1n) is 5.59. The molecule has 1 rings (SSSR count). The van der Waals surface area contributed by atoms with Crippen molar-refractivity contribution in [3.05, 3.63) is 46.5 Å². The Hall–Kier alpha value is -2.30. The molecule has 0 aliphatic carbocycles. The molecule has 0 bridgehead atoms. The monoisotopic (exact) mass is 298 g/mol. The number of rotatable bonds is 5. The van der Waals surface area contributed by atoms with Crippen molar-refractivity contribution in [1.82, 2.24) is 0 Å². The second-order valence-electron chi connectivity index (χ2n) is 3.44. The topological polar surface area (TPSA) is 70.9 Å². The molecule has 0 fully saturated rings. The Morgan fingerprint density at radius 1 is 1.65 bits per heavy atom. The molecule has 0 aliphatic heterocycles. The largest absolute Gasteiger partial charge is 0.462 e. The van der Waals surface area contributed by atoms with E-state index in [9.17, 15) is 9.18 Å². The van der Waals surface area contributed by atoms with Crippen LogP contribution in [-0.4, -0.2) is 24.0 Å². The summed E-state index contributed by atoms with van der Waals surface area (Å²) in [6.07, 6.45) is 2.19. The van der Waals surface area contributed by atoms with Crippen LogP contribution in [0.15, 0.2) is 40.9 Å². The van der Waals surface area contributed by atoms with Crippen molar-refractivity contribution in [2.75, 3.05) is 11.9 Å². The minimum Gasteiger partial charge on any atom is -0.462 e. The maximum absolute atomic E-state index is 12.9. The molecular weight excluding hydrogens is 287 g/mol. The van der Waals surface area contributed by atoms with Gasteiger partial charge in [0.25, 0.3) is 0 Å².